The Balaban J connectivity index is 1.47. The van der Waals surface area contributed by atoms with Crippen LogP contribution in [0.1, 0.15) is 29.9 Å². The molecule has 2 N–H and O–H groups in total. The van der Waals surface area contributed by atoms with Gasteiger partial charge in [-0.3, -0.25) is 4.79 Å². The molecule has 4 heterocycles. The summed E-state index contributed by atoms with van der Waals surface area (Å²) in [7, 11) is 0. The lowest BCUT2D eigenvalue weighted by Gasteiger charge is -2.28. The summed E-state index contributed by atoms with van der Waals surface area (Å²) in [5.74, 6) is 1.35. The molecule has 6 rings (SSSR count). The van der Waals surface area contributed by atoms with E-state index in [0.29, 0.717) is 30.3 Å². The first-order valence-corrected chi connectivity index (χ1v) is 12.3. The second kappa shape index (κ2) is 9.44. The van der Waals surface area contributed by atoms with Crippen LogP contribution in [0, 0.1) is 11.3 Å². The van der Waals surface area contributed by atoms with Crippen LogP contribution in [0.3, 0.4) is 0 Å². The minimum Gasteiger partial charge on any atom is -0.464 e. The first-order valence-electron chi connectivity index (χ1n) is 12.3. The Bertz CT molecular complexity index is 1630. The summed E-state index contributed by atoms with van der Waals surface area (Å²) in [6, 6.07) is 16.6. The fourth-order valence-electron chi connectivity index (χ4n) is 4.76. The number of anilines is 3. The van der Waals surface area contributed by atoms with Crippen molar-refractivity contribution in [2.45, 2.75) is 18.8 Å². The van der Waals surface area contributed by atoms with Crippen LogP contribution in [0.2, 0.25) is 0 Å². The zero-order valence-electron chi connectivity index (χ0n) is 20.3. The fourth-order valence-corrected chi connectivity index (χ4v) is 4.76. The molecule has 0 unspecified atom stereocenters. The van der Waals surface area contributed by atoms with Gasteiger partial charge in [-0.25, -0.2) is 24.6 Å². The molecule has 10 nitrogen and oxygen atoms in total. The number of rotatable bonds is 5. The molecular weight excluding hydrogens is 482 g/mol. The summed E-state index contributed by atoms with van der Waals surface area (Å²) in [6.07, 6.45) is 3.96. The number of amides is 2. The van der Waals surface area contributed by atoms with E-state index in [4.69, 9.17) is 4.98 Å². The third kappa shape index (κ3) is 4.46. The van der Waals surface area contributed by atoms with Crippen molar-refractivity contribution in [1.82, 2.24) is 20.3 Å². The van der Waals surface area contributed by atoms with Gasteiger partial charge in [0.05, 0.1) is 23.9 Å². The molecule has 1 saturated heterocycles. The largest absolute Gasteiger partial charge is 0.464 e. The van der Waals surface area contributed by atoms with E-state index < -0.39 is 6.09 Å². The van der Waals surface area contributed by atoms with E-state index in [1.807, 2.05) is 41.3 Å². The molecule has 4 aromatic rings. The van der Waals surface area contributed by atoms with Gasteiger partial charge in [-0.2, -0.15) is 5.26 Å². The molecule has 0 atom stereocenters. The average Bonchev–Trinajstić information content (AvgIpc) is 3.78. The lowest BCUT2D eigenvalue weighted by molar-refractivity contribution is -0.120. The highest BCUT2D eigenvalue weighted by Gasteiger charge is 2.28. The molecule has 0 radical (unpaired) electrons. The Hall–Kier alpha value is -5.04. The van der Waals surface area contributed by atoms with Gasteiger partial charge in [0, 0.05) is 36.4 Å². The van der Waals surface area contributed by atoms with Gasteiger partial charge in [0.2, 0.25) is 5.91 Å². The quantitative estimate of drug-likeness (QED) is 0.412. The van der Waals surface area contributed by atoms with Crippen molar-refractivity contribution < 1.29 is 14.7 Å². The molecule has 2 amide bonds. The number of nitrogens with one attached hydrogen (secondary N) is 1. The minimum absolute atomic E-state index is 0.0440. The van der Waals surface area contributed by atoms with E-state index in [9.17, 15) is 20.0 Å². The maximum atomic E-state index is 12.4. The van der Waals surface area contributed by atoms with Crippen LogP contribution in [0.5, 0.6) is 0 Å². The van der Waals surface area contributed by atoms with Crippen LogP contribution in [-0.4, -0.2) is 51.7 Å². The molecule has 1 aromatic carbocycles. The summed E-state index contributed by atoms with van der Waals surface area (Å²) in [6.45, 7) is 1.44. The summed E-state index contributed by atoms with van der Waals surface area (Å²) in [5, 5.41) is 24.1. The Morgan fingerprint density at radius 1 is 1.08 bits per heavy atom. The normalized spacial score (nSPS) is 15.1. The third-order valence-electron chi connectivity index (χ3n) is 6.79. The minimum atomic E-state index is -1.24. The maximum absolute atomic E-state index is 12.4. The predicted octanol–water partition coefficient (Wildman–Crippen LogP) is 4.19. The van der Waals surface area contributed by atoms with Crippen molar-refractivity contribution in [3.63, 3.8) is 0 Å². The van der Waals surface area contributed by atoms with Crippen molar-refractivity contribution >= 4 is 40.2 Å². The monoisotopic (exact) mass is 505 g/mol. The highest BCUT2D eigenvalue weighted by molar-refractivity contribution is 5.97. The number of carbonyl (C=O) groups excluding carboxylic acids is 1. The number of aromatic nitrogens is 3. The second-order valence-electron chi connectivity index (χ2n) is 9.39. The van der Waals surface area contributed by atoms with Crippen molar-refractivity contribution in [3.8, 4) is 17.3 Å². The molecule has 1 aliphatic carbocycles. The van der Waals surface area contributed by atoms with Crippen LogP contribution in [0.25, 0.3) is 22.0 Å². The Labute approximate surface area is 218 Å². The Morgan fingerprint density at radius 2 is 1.92 bits per heavy atom. The molecule has 188 valence electrons. The molecule has 3 aromatic heterocycles. The molecule has 10 heteroatoms. The standard InChI is InChI=1S/C28H23N7O3/c29-15-17-5-7-30-24(11-17)35(28(37)38)25-14-21(18-1-2-18)13-23(33-25)20-4-3-19-6-8-32-27(22(19)12-20)34-10-9-31-26(36)16-34/h3-8,11-14,18H,1-2,9-10,16H2,(H,31,36)(H,37,38). The van der Waals surface area contributed by atoms with Gasteiger partial charge < -0.3 is 15.3 Å². The fraction of sp³-hybridized carbons (Fsp3) is 0.214. The number of carbonyl (C=O) groups is 2. The number of nitrogens with zero attached hydrogens (tertiary/aromatic N) is 6. The van der Waals surface area contributed by atoms with Gasteiger partial charge in [0.25, 0.3) is 0 Å². The summed E-state index contributed by atoms with van der Waals surface area (Å²) in [4.78, 5) is 40.9. The van der Waals surface area contributed by atoms with E-state index in [1.54, 1.807) is 12.3 Å². The van der Waals surface area contributed by atoms with Gasteiger partial charge >= 0.3 is 6.09 Å². The van der Waals surface area contributed by atoms with Crippen LogP contribution < -0.4 is 15.1 Å². The zero-order valence-corrected chi connectivity index (χ0v) is 20.3. The number of hydrogen-bond donors (Lipinski definition) is 2. The molecule has 0 bridgehead atoms. The maximum Gasteiger partial charge on any atom is 0.418 e. The van der Waals surface area contributed by atoms with E-state index >= 15 is 0 Å². The topological polar surface area (TPSA) is 135 Å². The lowest BCUT2D eigenvalue weighted by Crippen LogP contribution is -2.48. The van der Waals surface area contributed by atoms with Gasteiger partial charge in [0.1, 0.15) is 17.5 Å². The molecule has 2 aliphatic rings. The third-order valence-corrected chi connectivity index (χ3v) is 6.79. The Kier molecular flexibility index (Phi) is 5.81. The highest BCUT2D eigenvalue weighted by atomic mass is 16.4. The van der Waals surface area contributed by atoms with Crippen molar-refractivity contribution in [3.05, 3.63) is 72.1 Å². The molecule has 1 saturated carbocycles. The van der Waals surface area contributed by atoms with Crippen LogP contribution in [0.15, 0.2) is 60.9 Å². The van der Waals surface area contributed by atoms with Crippen LogP contribution >= 0.6 is 0 Å². The summed E-state index contributed by atoms with van der Waals surface area (Å²) < 4.78 is 0. The van der Waals surface area contributed by atoms with E-state index in [0.717, 1.165) is 45.5 Å². The number of piperazine rings is 1. The molecule has 38 heavy (non-hydrogen) atoms. The number of fused-ring (bicyclic) bond motifs is 1. The molecule has 1 aliphatic heterocycles. The van der Waals surface area contributed by atoms with Crippen molar-refractivity contribution in [2.75, 3.05) is 29.4 Å². The van der Waals surface area contributed by atoms with Crippen LogP contribution in [0.4, 0.5) is 22.2 Å². The SMILES string of the molecule is N#Cc1ccnc(N(C(=O)O)c2cc(C3CC3)cc(-c3ccc4ccnc(N5CCNC(=O)C5)c4c3)n2)c1. The number of benzene rings is 1. The zero-order chi connectivity index (χ0) is 26.2. The molecular formula is C28H23N7O3. The predicted molar refractivity (Wildman–Crippen MR) is 141 cm³/mol. The van der Waals surface area contributed by atoms with Crippen LogP contribution in [-0.2, 0) is 4.79 Å². The first-order chi connectivity index (χ1) is 18.5. The number of pyridine rings is 3. The molecule has 2 fully saturated rings. The van der Waals surface area contributed by atoms with Gasteiger partial charge in [-0.15, -0.1) is 0 Å². The van der Waals surface area contributed by atoms with Crippen molar-refractivity contribution in [2.24, 2.45) is 0 Å². The Morgan fingerprint density at radius 3 is 2.68 bits per heavy atom. The lowest BCUT2D eigenvalue weighted by atomic mass is 10.0. The van der Waals surface area contributed by atoms with Crippen molar-refractivity contribution in [1.29, 1.82) is 5.26 Å². The van der Waals surface area contributed by atoms with Gasteiger partial charge in [0.15, 0.2) is 0 Å². The van der Waals surface area contributed by atoms with Gasteiger partial charge in [-0.05, 0) is 66.1 Å². The summed E-state index contributed by atoms with van der Waals surface area (Å²) >= 11 is 0. The van der Waals surface area contributed by atoms with E-state index in [1.165, 1.54) is 18.3 Å². The summed E-state index contributed by atoms with van der Waals surface area (Å²) in [5.41, 5.74) is 2.74. The average molecular weight is 506 g/mol. The highest BCUT2D eigenvalue weighted by Crippen LogP contribution is 2.43. The number of hydrogen-bond acceptors (Lipinski definition) is 7. The second-order valence-corrected chi connectivity index (χ2v) is 9.39. The number of carboxylic acid groups (broad SMARTS) is 1. The first kappa shape index (κ1) is 23.4. The van der Waals surface area contributed by atoms with Gasteiger partial charge in [-0.1, -0.05) is 12.1 Å². The molecule has 0 spiro atoms. The number of nitriles is 1. The van der Waals surface area contributed by atoms with E-state index in [-0.39, 0.29) is 24.1 Å². The smallest absolute Gasteiger partial charge is 0.418 e. The van der Waals surface area contributed by atoms with E-state index in [2.05, 4.69) is 15.3 Å².